The number of ether oxygens (including phenoxy) is 1. The van der Waals surface area contributed by atoms with E-state index in [1.807, 2.05) is 0 Å². The zero-order valence-corrected chi connectivity index (χ0v) is 7.76. The molecule has 0 bridgehead atoms. The van der Waals surface area contributed by atoms with Crippen LogP contribution in [-0.2, 0) is 4.74 Å². The molecule has 1 fully saturated rings. The smallest absolute Gasteiger partial charge is 0.394 e. The van der Waals surface area contributed by atoms with Gasteiger partial charge in [-0.3, -0.25) is 0 Å². The molecule has 0 aromatic carbocycles. The van der Waals surface area contributed by atoms with Crippen molar-refractivity contribution in [1.29, 1.82) is 0 Å². The molecule has 14 heavy (non-hydrogen) atoms. The summed E-state index contributed by atoms with van der Waals surface area (Å²) < 4.78 is 41.8. The molecule has 1 atom stereocenters. The summed E-state index contributed by atoms with van der Waals surface area (Å²) in [5.74, 6) is 0. The molecular weight excluding hydrogens is 199 g/mol. The largest absolute Gasteiger partial charge is 0.460 e. The van der Waals surface area contributed by atoms with Gasteiger partial charge < -0.3 is 9.84 Å². The van der Waals surface area contributed by atoms with Crippen LogP contribution < -0.4 is 0 Å². The highest BCUT2D eigenvalue weighted by Crippen LogP contribution is 2.26. The number of alkyl halides is 3. The molecule has 0 unspecified atom stereocenters. The third-order valence-corrected chi connectivity index (χ3v) is 2.18. The Hall–Kier alpha value is -0.330. The van der Waals surface area contributed by atoms with Gasteiger partial charge in [0.15, 0.2) is 0 Å². The van der Waals surface area contributed by atoms with Gasteiger partial charge in [-0.2, -0.15) is 13.2 Å². The van der Waals surface area contributed by atoms with Crippen molar-refractivity contribution in [1.82, 2.24) is 4.90 Å². The lowest BCUT2D eigenvalue weighted by molar-refractivity contribution is -0.258. The van der Waals surface area contributed by atoms with E-state index in [2.05, 4.69) is 0 Å². The van der Waals surface area contributed by atoms with Gasteiger partial charge in [0.05, 0.1) is 19.3 Å². The Balaban J connectivity index is 2.36. The fourth-order valence-electron chi connectivity index (χ4n) is 1.52. The molecule has 0 aromatic heterocycles. The second-order valence-electron chi connectivity index (χ2n) is 3.27. The molecule has 0 amide bonds. The highest BCUT2D eigenvalue weighted by atomic mass is 19.4. The summed E-state index contributed by atoms with van der Waals surface area (Å²) in [6, 6.07) is 0. The quantitative estimate of drug-likeness (QED) is 0.709. The van der Waals surface area contributed by atoms with Crippen LogP contribution in [0.5, 0.6) is 0 Å². The molecule has 1 aliphatic heterocycles. The molecule has 0 aliphatic carbocycles. The first-order chi connectivity index (χ1) is 6.54. The van der Waals surface area contributed by atoms with Crippen LogP contribution in [0.3, 0.4) is 0 Å². The number of hydrogen-bond donors (Lipinski definition) is 1. The minimum atomic E-state index is -4.26. The third kappa shape index (κ3) is 3.43. The van der Waals surface area contributed by atoms with Crippen molar-refractivity contribution in [2.24, 2.45) is 0 Å². The number of nitrogens with zero attached hydrogens (tertiary/aromatic N) is 1. The van der Waals surface area contributed by atoms with Crippen LogP contribution in [0.25, 0.3) is 0 Å². The maximum Gasteiger partial charge on any atom is 0.460 e. The van der Waals surface area contributed by atoms with Crippen molar-refractivity contribution in [2.45, 2.75) is 25.2 Å². The van der Waals surface area contributed by atoms with Crippen molar-refractivity contribution in [2.75, 3.05) is 26.3 Å². The number of piperidine rings is 1. The van der Waals surface area contributed by atoms with E-state index in [0.717, 1.165) is 0 Å². The van der Waals surface area contributed by atoms with Crippen LogP contribution in [0, 0.1) is 0 Å². The van der Waals surface area contributed by atoms with Crippen LogP contribution in [0.15, 0.2) is 0 Å². The van der Waals surface area contributed by atoms with Gasteiger partial charge in [-0.1, -0.05) is 0 Å². The molecule has 6 heteroatoms. The fraction of sp³-hybridized carbons (Fsp3) is 1.00. The van der Waals surface area contributed by atoms with Crippen molar-refractivity contribution >= 4 is 0 Å². The highest BCUT2D eigenvalue weighted by molar-refractivity contribution is 4.74. The monoisotopic (exact) mass is 213 g/mol. The second-order valence-corrected chi connectivity index (χ2v) is 3.27. The molecule has 0 saturated carbocycles. The summed E-state index contributed by atoms with van der Waals surface area (Å²) in [5.41, 5.74) is 0. The van der Waals surface area contributed by atoms with E-state index in [9.17, 15) is 13.2 Å². The average Bonchev–Trinajstić information content (AvgIpc) is 2.14. The normalized spacial score (nSPS) is 25.3. The van der Waals surface area contributed by atoms with Crippen LogP contribution in [-0.4, -0.2) is 48.7 Å². The second kappa shape index (κ2) is 4.95. The number of hydrogen-bond acceptors (Lipinski definition) is 3. The van der Waals surface area contributed by atoms with Gasteiger partial charge in [0.25, 0.3) is 0 Å². The number of rotatable bonds is 3. The van der Waals surface area contributed by atoms with E-state index in [0.29, 0.717) is 17.7 Å². The highest BCUT2D eigenvalue weighted by Gasteiger charge is 2.39. The molecule has 0 radical (unpaired) electrons. The van der Waals surface area contributed by atoms with E-state index >= 15 is 0 Å². The van der Waals surface area contributed by atoms with E-state index in [-0.39, 0.29) is 26.3 Å². The average molecular weight is 213 g/mol. The summed E-state index contributed by atoms with van der Waals surface area (Å²) in [5, 5.41) is 8.46. The fourth-order valence-corrected chi connectivity index (χ4v) is 1.52. The minimum absolute atomic E-state index is 0.0441. The van der Waals surface area contributed by atoms with Crippen molar-refractivity contribution < 1.29 is 23.0 Å². The molecule has 3 nitrogen and oxygen atoms in total. The Morgan fingerprint density at radius 3 is 2.71 bits per heavy atom. The van der Waals surface area contributed by atoms with Gasteiger partial charge >= 0.3 is 6.30 Å². The van der Waals surface area contributed by atoms with Crippen molar-refractivity contribution in [3.63, 3.8) is 0 Å². The number of aliphatic hydroxyl groups excluding tert-OH is 1. The first kappa shape index (κ1) is 11.7. The first-order valence-corrected chi connectivity index (χ1v) is 4.58. The standard InChI is InChI=1S/C8H14F3NO2/c9-8(10,11)12-3-1-2-7(6-12)14-5-4-13/h7,13H,1-6H2/t7-/m0/s1. The van der Waals surface area contributed by atoms with Gasteiger partial charge in [0.1, 0.15) is 0 Å². The van der Waals surface area contributed by atoms with E-state index in [4.69, 9.17) is 9.84 Å². The summed E-state index contributed by atoms with van der Waals surface area (Å²) in [6.45, 7) is -0.120. The summed E-state index contributed by atoms with van der Waals surface area (Å²) in [7, 11) is 0. The minimum Gasteiger partial charge on any atom is -0.394 e. The summed E-state index contributed by atoms with van der Waals surface area (Å²) >= 11 is 0. The lowest BCUT2D eigenvalue weighted by Crippen LogP contribution is -2.47. The third-order valence-electron chi connectivity index (χ3n) is 2.18. The Kier molecular flexibility index (Phi) is 4.15. The Labute approximate surface area is 80.5 Å². The van der Waals surface area contributed by atoms with Crippen LogP contribution in [0.4, 0.5) is 13.2 Å². The zero-order chi connectivity index (χ0) is 10.6. The maximum atomic E-state index is 12.3. The maximum absolute atomic E-state index is 12.3. The Morgan fingerprint density at radius 2 is 2.14 bits per heavy atom. The van der Waals surface area contributed by atoms with Crippen LogP contribution in [0.2, 0.25) is 0 Å². The molecule has 0 spiro atoms. The molecule has 1 heterocycles. The zero-order valence-electron chi connectivity index (χ0n) is 7.76. The molecule has 1 N–H and O–H groups in total. The number of aliphatic hydroxyl groups is 1. The lowest BCUT2D eigenvalue weighted by Gasteiger charge is -2.33. The lowest BCUT2D eigenvalue weighted by atomic mass is 10.1. The first-order valence-electron chi connectivity index (χ1n) is 4.58. The molecule has 1 aliphatic rings. The Morgan fingerprint density at radius 1 is 1.43 bits per heavy atom. The van der Waals surface area contributed by atoms with Crippen LogP contribution in [0.1, 0.15) is 12.8 Å². The number of halogens is 3. The van der Waals surface area contributed by atoms with Crippen molar-refractivity contribution in [3.8, 4) is 0 Å². The van der Waals surface area contributed by atoms with Crippen LogP contribution >= 0.6 is 0 Å². The number of likely N-dealkylation sites (tertiary alicyclic amines) is 1. The van der Waals surface area contributed by atoms with Gasteiger partial charge in [0, 0.05) is 13.1 Å². The molecule has 84 valence electrons. The molecule has 1 saturated heterocycles. The van der Waals surface area contributed by atoms with E-state index in [1.165, 1.54) is 0 Å². The SMILES string of the molecule is OCCO[C@H]1CCCN(C(F)(F)F)C1. The molecule has 0 aromatic rings. The van der Waals surface area contributed by atoms with E-state index in [1.54, 1.807) is 0 Å². The van der Waals surface area contributed by atoms with Gasteiger partial charge in [-0.25, -0.2) is 4.90 Å². The summed E-state index contributed by atoms with van der Waals surface area (Å²) in [4.78, 5) is 0.457. The Bertz CT molecular complexity index is 174. The topological polar surface area (TPSA) is 32.7 Å². The predicted molar refractivity (Wildman–Crippen MR) is 43.7 cm³/mol. The molecule has 1 rings (SSSR count). The van der Waals surface area contributed by atoms with Gasteiger partial charge in [-0.05, 0) is 12.8 Å². The summed E-state index contributed by atoms with van der Waals surface area (Å²) in [6.07, 6.45) is -3.55. The van der Waals surface area contributed by atoms with Gasteiger partial charge in [0.2, 0.25) is 0 Å². The van der Waals surface area contributed by atoms with Gasteiger partial charge in [-0.15, -0.1) is 0 Å². The predicted octanol–water partition coefficient (Wildman–Crippen LogP) is 0.980. The van der Waals surface area contributed by atoms with Crippen molar-refractivity contribution in [3.05, 3.63) is 0 Å². The van der Waals surface area contributed by atoms with E-state index < -0.39 is 12.4 Å². The molecular formula is C8H14F3NO2.